The predicted molar refractivity (Wildman–Crippen MR) is 65.3 cm³/mol. The molecule has 0 radical (unpaired) electrons. The summed E-state index contributed by atoms with van der Waals surface area (Å²) < 4.78 is 16.2. The molecule has 0 aromatic heterocycles. The highest BCUT2D eigenvalue weighted by Gasteiger charge is 2.52. The zero-order valence-electron chi connectivity index (χ0n) is 11.3. The molecule has 0 aliphatic carbocycles. The van der Waals surface area contributed by atoms with Gasteiger partial charge in [-0.1, -0.05) is 0 Å². The van der Waals surface area contributed by atoms with Crippen molar-refractivity contribution in [2.45, 2.75) is 57.7 Å². The average Bonchev–Trinajstić information content (AvgIpc) is 2.44. The van der Waals surface area contributed by atoms with Gasteiger partial charge in [0.1, 0.15) is 0 Å². The predicted octanol–water partition coefficient (Wildman–Crippen LogP) is 0.898. The molecule has 1 rings (SSSR count). The molecule has 0 amide bonds. The van der Waals surface area contributed by atoms with E-state index in [-0.39, 0.29) is 29.5 Å². The first-order chi connectivity index (χ1) is 7.69. The Morgan fingerprint density at radius 2 is 1.76 bits per heavy atom. The van der Waals surface area contributed by atoms with Gasteiger partial charge in [0, 0.05) is 12.4 Å². The third kappa shape index (κ3) is 3.21. The minimum atomic E-state index is -0.468. The van der Waals surface area contributed by atoms with E-state index < -0.39 is 7.12 Å². The lowest BCUT2D eigenvalue weighted by Crippen LogP contribution is -2.41. The molecule has 0 saturated carbocycles. The summed E-state index contributed by atoms with van der Waals surface area (Å²) in [6.45, 7) is 7.89. The Morgan fingerprint density at radius 3 is 2.18 bits per heavy atom. The lowest BCUT2D eigenvalue weighted by atomic mass is 9.76. The van der Waals surface area contributed by atoms with Crippen LogP contribution in [0.2, 0.25) is 0 Å². The Balaban J connectivity index is 2.51. The van der Waals surface area contributed by atoms with Gasteiger partial charge in [0.2, 0.25) is 0 Å². The Hall–Kier alpha value is -0.585. The van der Waals surface area contributed by atoms with Crippen LogP contribution in [0.5, 0.6) is 0 Å². The van der Waals surface area contributed by atoms with E-state index in [1.54, 1.807) is 0 Å². The lowest BCUT2D eigenvalue weighted by Gasteiger charge is -2.32. The van der Waals surface area contributed by atoms with Gasteiger partial charge < -0.3 is 19.8 Å². The number of carbonyl (C=O) groups is 1. The highest BCUT2D eigenvalue weighted by Crippen LogP contribution is 2.37. The SMILES string of the molecule is COC(=O)CCC(N)B1OC(C)(C)C(C)(C)O1. The standard InChI is InChI=1S/C11H22BNO4/c1-10(2)11(3,4)17-12(16-10)8(13)6-7-9(14)15-5/h8H,6-7,13H2,1-5H3. The van der Waals surface area contributed by atoms with Crippen molar-refractivity contribution in [3.05, 3.63) is 0 Å². The molecule has 6 heteroatoms. The molecule has 98 valence electrons. The number of methoxy groups -OCH3 is 1. The number of carbonyl (C=O) groups excluding carboxylic acids is 1. The maximum absolute atomic E-state index is 11.0. The van der Waals surface area contributed by atoms with Gasteiger partial charge in [-0.2, -0.15) is 0 Å². The molecule has 1 aliphatic heterocycles. The zero-order chi connectivity index (χ0) is 13.3. The van der Waals surface area contributed by atoms with Gasteiger partial charge in [-0.05, 0) is 34.1 Å². The topological polar surface area (TPSA) is 70.8 Å². The van der Waals surface area contributed by atoms with Crippen molar-refractivity contribution < 1.29 is 18.8 Å². The van der Waals surface area contributed by atoms with E-state index in [1.165, 1.54) is 7.11 Å². The second-order valence-corrected chi connectivity index (χ2v) is 5.40. The molecule has 1 atom stereocenters. The van der Waals surface area contributed by atoms with E-state index in [9.17, 15) is 4.79 Å². The van der Waals surface area contributed by atoms with Gasteiger partial charge in [0.25, 0.3) is 0 Å². The number of rotatable bonds is 4. The molecular formula is C11H22BNO4. The minimum absolute atomic E-state index is 0.267. The number of hydrogen-bond acceptors (Lipinski definition) is 5. The third-order valence-electron chi connectivity index (χ3n) is 3.53. The smallest absolute Gasteiger partial charge is 0.469 e. The maximum atomic E-state index is 11.0. The van der Waals surface area contributed by atoms with Gasteiger partial charge >= 0.3 is 13.1 Å². The van der Waals surface area contributed by atoms with Gasteiger partial charge in [0.05, 0.1) is 18.3 Å². The molecule has 1 aliphatic rings. The van der Waals surface area contributed by atoms with Crippen LogP contribution in [0.15, 0.2) is 0 Å². The van der Waals surface area contributed by atoms with Crippen molar-refractivity contribution >= 4 is 13.1 Å². The molecule has 17 heavy (non-hydrogen) atoms. The molecule has 1 fully saturated rings. The fraction of sp³-hybridized carbons (Fsp3) is 0.909. The fourth-order valence-corrected chi connectivity index (χ4v) is 1.59. The van der Waals surface area contributed by atoms with Crippen LogP contribution in [-0.4, -0.2) is 37.3 Å². The number of nitrogens with two attached hydrogens (primary N) is 1. The summed E-state index contributed by atoms with van der Waals surface area (Å²) in [6, 6.07) is 0. The average molecular weight is 243 g/mol. The van der Waals surface area contributed by atoms with Crippen LogP contribution in [0.25, 0.3) is 0 Å². The normalized spacial score (nSPS) is 23.5. The van der Waals surface area contributed by atoms with E-state index in [0.29, 0.717) is 6.42 Å². The zero-order valence-corrected chi connectivity index (χ0v) is 11.3. The molecular weight excluding hydrogens is 221 g/mol. The van der Waals surface area contributed by atoms with Crippen LogP contribution >= 0.6 is 0 Å². The minimum Gasteiger partial charge on any atom is -0.469 e. The highest BCUT2D eigenvalue weighted by atomic mass is 16.7. The molecule has 0 bridgehead atoms. The molecule has 0 spiro atoms. The Bertz CT molecular complexity index is 277. The monoisotopic (exact) mass is 243 g/mol. The van der Waals surface area contributed by atoms with Crippen LogP contribution in [0.1, 0.15) is 40.5 Å². The molecule has 5 nitrogen and oxygen atoms in total. The van der Waals surface area contributed by atoms with Gasteiger partial charge in [-0.25, -0.2) is 0 Å². The van der Waals surface area contributed by atoms with E-state index >= 15 is 0 Å². The van der Waals surface area contributed by atoms with E-state index in [1.807, 2.05) is 27.7 Å². The first kappa shape index (κ1) is 14.5. The molecule has 1 heterocycles. The summed E-state index contributed by atoms with van der Waals surface area (Å²) in [7, 11) is 0.896. The summed E-state index contributed by atoms with van der Waals surface area (Å²) in [4.78, 5) is 11.0. The van der Waals surface area contributed by atoms with Crippen molar-refractivity contribution in [3.8, 4) is 0 Å². The third-order valence-corrected chi connectivity index (χ3v) is 3.53. The fourth-order valence-electron chi connectivity index (χ4n) is 1.59. The van der Waals surface area contributed by atoms with Crippen LogP contribution < -0.4 is 5.73 Å². The van der Waals surface area contributed by atoms with Crippen molar-refractivity contribution in [3.63, 3.8) is 0 Å². The summed E-state index contributed by atoms with van der Waals surface area (Å²) in [5.41, 5.74) is 5.19. The summed E-state index contributed by atoms with van der Waals surface area (Å²) in [5.74, 6) is -0.591. The largest absolute Gasteiger partial charge is 0.475 e. The van der Waals surface area contributed by atoms with Crippen LogP contribution in [0, 0.1) is 0 Å². The van der Waals surface area contributed by atoms with Crippen molar-refractivity contribution in [1.29, 1.82) is 0 Å². The molecule has 1 saturated heterocycles. The van der Waals surface area contributed by atoms with Crippen molar-refractivity contribution in [2.75, 3.05) is 7.11 Å². The number of esters is 1. The molecule has 0 aromatic rings. The first-order valence-electron chi connectivity index (χ1n) is 5.87. The number of ether oxygens (including phenoxy) is 1. The van der Waals surface area contributed by atoms with Gasteiger partial charge in [0.15, 0.2) is 0 Å². The highest BCUT2D eigenvalue weighted by molar-refractivity contribution is 6.47. The van der Waals surface area contributed by atoms with E-state index in [4.69, 9.17) is 15.0 Å². The van der Waals surface area contributed by atoms with Crippen LogP contribution in [0.3, 0.4) is 0 Å². The van der Waals surface area contributed by atoms with E-state index in [0.717, 1.165) is 0 Å². The Labute approximate surface area is 103 Å². The molecule has 2 N–H and O–H groups in total. The van der Waals surface area contributed by atoms with Gasteiger partial charge in [-0.15, -0.1) is 0 Å². The maximum Gasteiger partial charge on any atom is 0.475 e. The van der Waals surface area contributed by atoms with Crippen LogP contribution in [-0.2, 0) is 18.8 Å². The molecule has 1 unspecified atom stereocenters. The quantitative estimate of drug-likeness (QED) is 0.586. The number of hydrogen-bond donors (Lipinski definition) is 1. The van der Waals surface area contributed by atoms with Crippen molar-refractivity contribution in [2.24, 2.45) is 5.73 Å². The summed E-state index contributed by atoms with van der Waals surface area (Å²) in [5, 5.41) is 0. The summed E-state index contributed by atoms with van der Waals surface area (Å²) in [6.07, 6.45) is 0.769. The second-order valence-electron chi connectivity index (χ2n) is 5.40. The first-order valence-corrected chi connectivity index (χ1v) is 5.87. The molecule has 0 aromatic carbocycles. The van der Waals surface area contributed by atoms with Crippen molar-refractivity contribution in [1.82, 2.24) is 0 Å². The Kier molecular flexibility index (Phi) is 4.22. The summed E-state index contributed by atoms with van der Waals surface area (Å²) >= 11 is 0. The van der Waals surface area contributed by atoms with Crippen LogP contribution in [0.4, 0.5) is 0 Å². The second kappa shape index (κ2) is 4.96. The van der Waals surface area contributed by atoms with E-state index in [2.05, 4.69) is 4.74 Å². The Morgan fingerprint density at radius 1 is 1.29 bits per heavy atom. The van der Waals surface area contributed by atoms with Gasteiger partial charge in [-0.3, -0.25) is 4.79 Å². The lowest BCUT2D eigenvalue weighted by molar-refractivity contribution is -0.140.